The molecule has 0 spiro atoms. The molecule has 1 N–H and O–H groups in total. The molecule has 0 radical (unpaired) electrons. The molecule has 0 bridgehead atoms. The molecule has 2 aromatic rings. The van der Waals surface area contributed by atoms with E-state index in [0.717, 1.165) is 41.5 Å². The molecule has 5 heteroatoms. The predicted octanol–water partition coefficient (Wildman–Crippen LogP) is 2.55. The van der Waals surface area contributed by atoms with Crippen LogP contribution in [0, 0.1) is 6.92 Å². The summed E-state index contributed by atoms with van der Waals surface area (Å²) >= 11 is 1.61. The number of piperazine rings is 1. The Morgan fingerprint density at radius 3 is 3.05 bits per heavy atom. The van der Waals surface area contributed by atoms with Crippen LogP contribution in [-0.4, -0.2) is 41.5 Å². The molecule has 1 atom stereocenters. The van der Waals surface area contributed by atoms with Crippen molar-refractivity contribution in [1.29, 1.82) is 0 Å². The lowest BCUT2D eigenvalue weighted by molar-refractivity contribution is 0.0709. The maximum absolute atomic E-state index is 12.6. The van der Waals surface area contributed by atoms with E-state index < -0.39 is 0 Å². The standard InChI is InChI=1S/C16H19N3OS/c1-11-9-19(7-6-17-11)16(20)14-5-3-4-13(8-14)15-18-12(2)10-21-15/h3-5,8,10-11,17H,6-7,9H2,1-2H3. The summed E-state index contributed by atoms with van der Waals surface area (Å²) < 4.78 is 0. The fourth-order valence-corrected chi connectivity index (χ4v) is 3.37. The van der Waals surface area contributed by atoms with Crippen LogP contribution in [0.2, 0.25) is 0 Å². The highest BCUT2D eigenvalue weighted by Gasteiger charge is 2.21. The SMILES string of the molecule is Cc1csc(-c2cccc(C(=O)N3CCNC(C)C3)c2)n1. The molecule has 1 aliphatic heterocycles. The molecule has 2 heterocycles. The molecule has 21 heavy (non-hydrogen) atoms. The maximum atomic E-state index is 12.6. The molecule has 1 unspecified atom stereocenters. The van der Waals surface area contributed by atoms with Gasteiger partial charge in [0, 0.05) is 47.9 Å². The molecule has 0 saturated carbocycles. The summed E-state index contributed by atoms with van der Waals surface area (Å²) in [5.74, 6) is 0.110. The lowest BCUT2D eigenvalue weighted by Crippen LogP contribution is -2.51. The lowest BCUT2D eigenvalue weighted by atomic mass is 10.1. The summed E-state index contributed by atoms with van der Waals surface area (Å²) in [5, 5.41) is 6.35. The first-order valence-corrected chi connectivity index (χ1v) is 8.06. The third-order valence-electron chi connectivity index (χ3n) is 3.63. The fourth-order valence-electron chi connectivity index (χ4n) is 2.57. The number of thiazole rings is 1. The van der Waals surface area contributed by atoms with Crippen molar-refractivity contribution in [3.63, 3.8) is 0 Å². The minimum atomic E-state index is 0.110. The first-order chi connectivity index (χ1) is 10.1. The summed E-state index contributed by atoms with van der Waals surface area (Å²) in [6.07, 6.45) is 0. The van der Waals surface area contributed by atoms with Gasteiger partial charge in [-0.3, -0.25) is 4.79 Å². The monoisotopic (exact) mass is 301 g/mol. The van der Waals surface area contributed by atoms with Gasteiger partial charge in [0.05, 0.1) is 0 Å². The molecular weight excluding hydrogens is 282 g/mol. The Bertz CT molecular complexity index is 652. The van der Waals surface area contributed by atoms with Gasteiger partial charge in [0.15, 0.2) is 0 Å². The van der Waals surface area contributed by atoms with Crippen molar-refractivity contribution in [1.82, 2.24) is 15.2 Å². The van der Waals surface area contributed by atoms with Crippen molar-refractivity contribution in [3.8, 4) is 10.6 Å². The van der Waals surface area contributed by atoms with Crippen LogP contribution in [-0.2, 0) is 0 Å². The van der Waals surface area contributed by atoms with Crippen LogP contribution in [0.5, 0.6) is 0 Å². The van der Waals surface area contributed by atoms with Gasteiger partial charge in [0.1, 0.15) is 5.01 Å². The minimum Gasteiger partial charge on any atom is -0.336 e. The van der Waals surface area contributed by atoms with Gasteiger partial charge >= 0.3 is 0 Å². The first kappa shape index (κ1) is 14.2. The van der Waals surface area contributed by atoms with Crippen LogP contribution >= 0.6 is 11.3 Å². The lowest BCUT2D eigenvalue weighted by Gasteiger charge is -2.32. The largest absolute Gasteiger partial charge is 0.336 e. The summed E-state index contributed by atoms with van der Waals surface area (Å²) in [6, 6.07) is 8.14. The van der Waals surface area contributed by atoms with Crippen LogP contribution in [0.3, 0.4) is 0 Å². The number of benzene rings is 1. The Labute approximate surface area is 128 Å². The Kier molecular flexibility index (Phi) is 4.03. The average molecular weight is 301 g/mol. The van der Waals surface area contributed by atoms with Gasteiger partial charge in [-0.25, -0.2) is 4.98 Å². The van der Waals surface area contributed by atoms with E-state index in [0.29, 0.717) is 6.04 Å². The molecule has 1 aliphatic rings. The average Bonchev–Trinajstić information content (AvgIpc) is 2.93. The van der Waals surface area contributed by atoms with E-state index in [-0.39, 0.29) is 5.91 Å². The van der Waals surface area contributed by atoms with Crippen molar-refractivity contribution in [3.05, 3.63) is 40.9 Å². The Morgan fingerprint density at radius 1 is 1.48 bits per heavy atom. The van der Waals surface area contributed by atoms with E-state index >= 15 is 0 Å². The number of rotatable bonds is 2. The Balaban J connectivity index is 1.84. The van der Waals surface area contributed by atoms with Gasteiger partial charge in [-0.15, -0.1) is 11.3 Å². The molecule has 1 amide bonds. The second-order valence-electron chi connectivity index (χ2n) is 5.48. The van der Waals surface area contributed by atoms with Crippen LogP contribution in [0.25, 0.3) is 10.6 Å². The number of carbonyl (C=O) groups is 1. The van der Waals surface area contributed by atoms with Crippen LogP contribution in [0.15, 0.2) is 29.6 Å². The number of hydrogen-bond acceptors (Lipinski definition) is 4. The highest BCUT2D eigenvalue weighted by atomic mass is 32.1. The van der Waals surface area contributed by atoms with Crippen molar-refractivity contribution >= 4 is 17.2 Å². The molecule has 0 aliphatic carbocycles. The fraction of sp³-hybridized carbons (Fsp3) is 0.375. The topological polar surface area (TPSA) is 45.2 Å². The molecule has 110 valence electrons. The number of aryl methyl sites for hydroxylation is 1. The Morgan fingerprint density at radius 2 is 2.33 bits per heavy atom. The number of aromatic nitrogens is 1. The highest BCUT2D eigenvalue weighted by molar-refractivity contribution is 7.13. The van der Waals surface area contributed by atoms with E-state index in [1.807, 2.05) is 41.5 Å². The number of amides is 1. The predicted molar refractivity (Wildman–Crippen MR) is 85.7 cm³/mol. The van der Waals surface area contributed by atoms with Gasteiger partial charge in [0.2, 0.25) is 0 Å². The molecule has 1 saturated heterocycles. The quantitative estimate of drug-likeness (QED) is 0.927. The van der Waals surface area contributed by atoms with E-state index in [2.05, 4.69) is 17.2 Å². The van der Waals surface area contributed by atoms with E-state index in [1.54, 1.807) is 11.3 Å². The normalized spacial score (nSPS) is 18.8. The summed E-state index contributed by atoms with van der Waals surface area (Å²) in [7, 11) is 0. The first-order valence-electron chi connectivity index (χ1n) is 7.19. The van der Waals surface area contributed by atoms with E-state index in [1.165, 1.54) is 0 Å². The molecule has 4 nitrogen and oxygen atoms in total. The summed E-state index contributed by atoms with van der Waals surface area (Å²) in [5.41, 5.74) is 2.78. The third kappa shape index (κ3) is 3.14. The number of hydrogen-bond donors (Lipinski definition) is 1. The molecule has 1 fully saturated rings. The zero-order chi connectivity index (χ0) is 14.8. The van der Waals surface area contributed by atoms with Gasteiger partial charge in [-0.05, 0) is 26.0 Å². The van der Waals surface area contributed by atoms with E-state index in [9.17, 15) is 4.79 Å². The summed E-state index contributed by atoms with van der Waals surface area (Å²) in [4.78, 5) is 19.0. The highest BCUT2D eigenvalue weighted by Crippen LogP contribution is 2.24. The van der Waals surface area contributed by atoms with Crippen molar-refractivity contribution in [2.45, 2.75) is 19.9 Å². The second kappa shape index (κ2) is 5.95. The van der Waals surface area contributed by atoms with Crippen LogP contribution < -0.4 is 5.32 Å². The van der Waals surface area contributed by atoms with Crippen molar-refractivity contribution < 1.29 is 4.79 Å². The smallest absolute Gasteiger partial charge is 0.253 e. The summed E-state index contributed by atoms with van der Waals surface area (Å²) in [6.45, 7) is 6.48. The molecular formula is C16H19N3OS. The minimum absolute atomic E-state index is 0.110. The molecule has 1 aromatic heterocycles. The Hall–Kier alpha value is -1.72. The number of nitrogens with zero attached hydrogens (tertiary/aromatic N) is 2. The van der Waals surface area contributed by atoms with Crippen LogP contribution in [0.1, 0.15) is 23.0 Å². The van der Waals surface area contributed by atoms with E-state index in [4.69, 9.17) is 0 Å². The van der Waals surface area contributed by atoms with Gasteiger partial charge in [-0.2, -0.15) is 0 Å². The zero-order valence-corrected chi connectivity index (χ0v) is 13.1. The zero-order valence-electron chi connectivity index (χ0n) is 12.3. The van der Waals surface area contributed by atoms with Crippen molar-refractivity contribution in [2.75, 3.05) is 19.6 Å². The van der Waals surface area contributed by atoms with Gasteiger partial charge in [-0.1, -0.05) is 12.1 Å². The number of carbonyl (C=O) groups excluding carboxylic acids is 1. The number of nitrogens with one attached hydrogen (secondary N) is 1. The third-order valence-corrected chi connectivity index (χ3v) is 4.64. The molecule has 1 aromatic carbocycles. The van der Waals surface area contributed by atoms with Crippen molar-refractivity contribution in [2.24, 2.45) is 0 Å². The molecule has 3 rings (SSSR count). The van der Waals surface area contributed by atoms with Gasteiger partial charge < -0.3 is 10.2 Å². The maximum Gasteiger partial charge on any atom is 0.253 e. The second-order valence-corrected chi connectivity index (χ2v) is 6.34. The van der Waals surface area contributed by atoms with Gasteiger partial charge in [0.25, 0.3) is 5.91 Å². The van der Waals surface area contributed by atoms with Crippen LogP contribution in [0.4, 0.5) is 0 Å².